The Morgan fingerprint density at radius 2 is 1.65 bits per heavy atom. The van der Waals surface area contributed by atoms with Gasteiger partial charge in [-0.25, -0.2) is 14.8 Å². The molecule has 8 rings (SSSR count). The molecule has 6 aromatic rings. The van der Waals surface area contributed by atoms with Crippen LogP contribution in [0.25, 0.3) is 52.6 Å². The van der Waals surface area contributed by atoms with Crippen molar-refractivity contribution in [2.75, 3.05) is 20.2 Å². The predicted octanol–water partition coefficient (Wildman–Crippen LogP) is 8.03. The maximum atomic E-state index is 13.5. The topological polar surface area (TPSA) is 128 Å². The van der Waals surface area contributed by atoms with Crippen LogP contribution in [0, 0.1) is 5.92 Å². The number of likely N-dealkylation sites (tertiary alicyclic amines) is 1. The summed E-state index contributed by atoms with van der Waals surface area (Å²) in [5, 5.41) is 6.24. The van der Waals surface area contributed by atoms with Gasteiger partial charge in [0.2, 0.25) is 5.91 Å². The van der Waals surface area contributed by atoms with Crippen molar-refractivity contribution in [3.8, 4) is 32.1 Å². The van der Waals surface area contributed by atoms with Gasteiger partial charge in [-0.1, -0.05) is 44.2 Å². The van der Waals surface area contributed by atoms with Crippen molar-refractivity contribution in [3.05, 3.63) is 72.4 Å². The second-order valence-corrected chi connectivity index (χ2v) is 15.4. The molecular formula is C37H39N7O3S2. The first kappa shape index (κ1) is 31.7. The molecule has 4 N–H and O–H groups in total. The van der Waals surface area contributed by atoms with E-state index in [1.807, 2.05) is 47.6 Å². The number of aromatic amines is 2. The van der Waals surface area contributed by atoms with Gasteiger partial charge in [0.25, 0.3) is 0 Å². The molecule has 2 aromatic carbocycles. The molecule has 252 valence electrons. The highest BCUT2D eigenvalue weighted by Crippen LogP contribution is 2.42. The molecular weight excluding hydrogens is 655 g/mol. The van der Waals surface area contributed by atoms with Crippen LogP contribution in [0.4, 0.5) is 4.79 Å². The van der Waals surface area contributed by atoms with Crippen molar-refractivity contribution in [2.24, 2.45) is 5.92 Å². The zero-order chi connectivity index (χ0) is 33.6. The highest BCUT2D eigenvalue weighted by atomic mass is 32.1. The molecule has 0 saturated carbocycles. The van der Waals surface area contributed by atoms with Crippen LogP contribution in [0.15, 0.2) is 60.8 Å². The van der Waals surface area contributed by atoms with Gasteiger partial charge in [-0.3, -0.25) is 4.79 Å². The lowest BCUT2D eigenvalue weighted by atomic mass is 10.0. The second kappa shape index (κ2) is 13.1. The van der Waals surface area contributed by atoms with Gasteiger partial charge in [0.15, 0.2) is 0 Å². The van der Waals surface area contributed by atoms with Crippen LogP contribution in [0.3, 0.4) is 0 Å². The van der Waals surface area contributed by atoms with E-state index < -0.39 is 12.1 Å². The molecule has 2 aliphatic rings. The molecule has 0 aliphatic carbocycles. The van der Waals surface area contributed by atoms with Gasteiger partial charge in [-0.15, -0.1) is 22.7 Å². The van der Waals surface area contributed by atoms with Gasteiger partial charge < -0.3 is 30.2 Å². The van der Waals surface area contributed by atoms with Crippen molar-refractivity contribution >= 4 is 55.1 Å². The summed E-state index contributed by atoms with van der Waals surface area (Å²) in [4.78, 5) is 46.4. The average Bonchev–Trinajstić information content (AvgIpc) is 3.95. The van der Waals surface area contributed by atoms with Gasteiger partial charge in [-0.2, -0.15) is 0 Å². The van der Waals surface area contributed by atoms with Crippen LogP contribution in [0.1, 0.15) is 63.3 Å². The number of rotatable bonds is 8. The first-order valence-corrected chi connectivity index (χ1v) is 18.6. The number of nitrogens with one attached hydrogen (secondary N) is 4. The second-order valence-electron chi connectivity index (χ2n) is 13.2. The number of H-pyrrole nitrogens is 2. The molecule has 3 atom stereocenters. The molecule has 6 heterocycles. The zero-order valence-corrected chi connectivity index (χ0v) is 29.3. The van der Waals surface area contributed by atoms with Gasteiger partial charge in [0.1, 0.15) is 17.7 Å². The number of benzene rings is 2. The Labute approximate surface area is 292 Å². The van der Waals surface area contributed by atoms with Crippen molar-refractivity contribution in [1.82, 2.24) is 35.5 Å². The Morgan fingerprint density at radius 1 is 0.918 bits per heavy atom. The molecule has 12 heteroatoms. The number of hydrogen-bond donors (Lipinski definition) is 4. The minimum atomic E-state index is -0.659. The van der Waals surface area contributed by atoms with Crippen molar-refractivity contribution in [2.45, 2.75) is 57.7 Å². The molecule has 1 unspecified atom stereocenters. The Balaban J connectivity index is 0.964. The van der Waals surface area contributed by atoms with Crippen LogP contribution in [-0.4, -0.2) is 63.1 Å². The number of thiophene rings is 2. The number of hydrogen-bond acceptors (Lipinski definition) is 8. The average molecular weight is 694 g/mol. The van der Waals surface area contributed by atoms with E-state index in [1.54, 1.807) is 0 Å². The highest BCUT2D eigenvalue weighted by molar-refractivity contribution is 7.31. The fraction of sp³-hybridized carbons (Fsp3) is 0.351. The van der Waals surface area contributed by atoms with E-state index in [1.165, 1.54) is 43.8 Å². The third-order valence-corrected chi connectivity index (χ3v) is 12.1. The smallest absolute Gasteiger partial charge is 0.407 e. The number of alkyl carbamates (subject to hydrolysis) is 1. The molecule has 4 aromatic heterocycles. The summed E-state index contributed by atoms with van der Waals surface area (Å²) >= 11 is 3.64. The fourth-order valence-electron chi connectivity index (χ4n) is 7.04. The van der Waals surface area contributed by atoms with Crippen molar-refractivity contribution in [1.29, 1.82) is 0 Å². The van der Waals surface area contributed by atoms with E-state index in [9.17, 15) is 9.59 Å². The van der Waals surface area contributed by atoms with E-state index in [0.717, 1.165) is 59.7 Å². The lowest BCUT2D eigenvalue weighted by Gasteiger charge is -2.29. The van der Waals surface area contributed by atoms with Crippen LogP contribution < -0.4 is 10.6 Å². The summed E-state index contributed by atoms with van der Waals surface area (Å²) in [5.74, 6) is 1.61. The summed E-state index contributed by atoms with van der Waals surface area (Å²) in [5.41, 5.74) is 6.34. The standard InChI is InChI=1S/C37H39N7O3S2/c1-20(2)33(43-37(46)47-3)36(45)44-15-5-7-28(44)35-39-19-27(42-35)21-8-10-22(11-9-21)29-17-31-32(48-29)18-30(49-31)23-12-13-24-26(16-23)41-34(40-24)25-6-4-14-38-25/h8-13,16-20,25,28,33,38H,4-7,14-15H2,1-3H3,(H,39,42)(H,40,41)(H,43,46)/t25-,28?,33-/m0/s1. The highest BCUT2D eigenvalue weighted by Gasteiger charge is 2.37. The Bertz CT molecular complexity index is 2110. The molecule has 2 fully saturated rings. The van der Waals surface area contributed by atoms with E-state index in [0.29, 0.717) is 12.6 Å². The maximum absolute atomic E-state index is 13.5. The minimum absolute atomic E-state index is 0.0788. The summed E-state index contributed by atoms with van der Waals surface area (Å²) in [7, 11) is 1.30. The summed E-state index contributed by atoms with van der Waals surface area (Å²) < 4.78 is 7.33. The first-order valence-electron chi connectivity index (χ1n) is 16.9. The molecule has 0 spiro atoms. The number of carbonyl (C=O) groups is 2. The van der Waals surface area contributed by atoms with Crippen LogP contribution in [0.2, 0.25) is 0 Å². The number of carbonyl (C=O) groups excluding carboxylic acids is 2. The maximum Gasteiger partial charge on any atom is 0.407 e. The van der Waals surface area contributed by atoms with Gasteiger partial charge >= 0.3 is 6.09 Å². The lowest BCUT2D eigenvalue weighted by molar-refractivity contribution is -0.135. The molecule has 2 aliphatic heterocycles. The Hall–Kier alpha value is -4.52. The third kappa shape index (κ3) is 6.13. The minimum Gasteiger partial charge on any atom is -0.453 e. The molecule has 0 bridgehead atoms. The Kier molecular flexibility index (Phi) is 8.46. The van der Waals surface area contributed by atoms with E-state index >= 15 is 0 Å². The number of ether oxygens (including phenoxy) is 1. The number of amides is 2. The quantitative estimate of drug-likeness (QED) is 0.128. The third-order valence-electron chi connectivity index (χ3n) is 9.69. The molecule has 49 heavy (non-hydrogen) atoms. The molecule has 2 amide bonds. The number of imidazole rings is 2. The predicted molar refractivity (Wildman–Crippen MR) is 196 cm³/mol. The largest absolute Gasteiger partial charge is 0.453 e. The first-order chi connectivity index (χ1) is 23.8. The molecule has 10 nitrogen and oxygen atoms in total. The van der Waals surface area contributed by atoms with E-state index in [-0.39, 0.29) is 17.9 Å². The molecule has 2 saturated heterocycles. The fourth-order valence-corrected chi connectivity index (χ4v) is 9.44. The van der Waals surface area contributed by atoms with E-state index in [2.05, 4.69) is 75.2 Å². The Morgan fingerprint density at radius 3 is 2.37 bits per heavy atom. The van der Waals surface area contributed by atoms with Crippen LogP contribution in [0.5, 0.6) is 0 Å². The summed E-state index contributed by atoms with van der Waals surface area (Å²) in [6, 6.07) is 19.1. The zero-order valence-electron chi connectivity index (χ0n) is 27.7. The van der Waals surface area contributed by atoms with Crippen LogP contribution >= 0.6 is 22.7 Å². The molecule has 0 radical (unpaired) electrons. The van der Waals surface area contributed by atoms with Gasteiger partial charge in [-0.05, 0) is 73.5 Å². The number of nitrogens with zero attached hydrogens (tertiary/aromatic N) is 3. The van der Waals surface area contributed by atoms with Crippen LogP contribution in [-0.2, 0) is 9.53 Å². The van der Waals surface area contributed by atoms with Gasteiger partial charge in [0, 0.05) is 37.5 Å². The number of aromatic nitrogens is 4. The number of fused-ring (bicyclic) bond motifs is 2. The normalized spacial score (nSPS) is 18.6. The summed E-state index contributed by atoms with van der Waals surface area (Å²) in [6.45, 7) is 5.51. The number of methoxy groups -OCH3 is 1. The van der Waals surface area contributed by atoms with Crippen molar-refractivity contribution in [3.63, 3.8) is 0 Å². The SMILES string of the molecule is COC(=O)N[C@H](C(=O)N1CCCC1c1nc(-c2ccc(-c3cc4sc(-c5ccc6nc([C@@H]7CCCN7)[nH]c6c5)cc4s3)cc2)c[nH]1)C(C)C. The lowest BCUT2D eigenvalue weighted by Crippen LogP contribution is -2.51. The van der Waals surface area contributed by atoms with E-state index in [4.69, 9.17) is 14.7 Å². The summed E-state index contributed by atoms with van der Waals surface area (Å²) in [6.07, 6.45) is 5.32. The monoisotopic (exact) mass is 693 g/mol. The van der Waals surface area contributed by atoms with Crippen molar-refractivity contribution < 1.29 is 14.3 Å². The van der Waals surface area contributed by atoms with Gasteiger partial charge in [0.05, 0.1) is 35.9 Å².